The van der Waals surface area contributed by atoms with Crippen molar-refractivity contribution in [2.24, 2.45) is 0 Å². The van der Waals surface area contributed by atoms with Crippen LogP contribution in [0.4, 0.5) is 0 Å². The van der Waals surface area contributed by atoms with E-state index in [-0.39, 0.29) is 6.61 Å². The van der Waals surface area contributed by atoms with Gasteiger partial charge in [-0.25, -0.2) is 4.79 Å². The summed E-state index contributed by atoms with van der Waals surface area (Å²) in [7, 11) is 0. The first-order chi connectivity index (χ1) is 8.24. The fourth-order valence-corrected chi connectivity index (χ4v) is 2.86. The lowest BCUT2D eigenvalue weighted by atomic mass is 10.3. The third-order valence-electron chi connectivity index (χ3n) is 2.07. The van der Waals surface area contributed by atoms with Gasteiger partial charge >= 0.3 is 5.97 Å². The molecule has 0 spiro atoms. The number of carboxylic acids is 1. The number of aromatic carboxylic acids is 1. The third kappa shape index (κ3) is 6.07. The molecule has 17 heavy (non-hydrogen) atoms. The number of nitrogens with one attached hydrogen (secondary N) is 1. The number of rotatable bonds is 9. The monoisotopic (exact) mass is 275 g/mol. The second-order valence-electron chi connectivity index (χ2n) is 3.47. The van der Waals surface area contributed by atoms with Crippen molar-refractivity contribution in [2.45, 2.75) is 13.0 Å². The molecule has 4 nitrogen and oxygen atoms in total. The average Bonchev–Trinajstić information content (AvgIpc) is 2.77. The summed E-state index contributed by atoms with van der Waals surface area (Å²) in [5, 5.41) is 22.3. The highest BCUT2D eigenvalue weighted by Crippen LogP contribution is 2.14. The molecule has 0 aromatic carbocycles. The molecule has 0 bridgehead atoms. The lowest BCUT2D eigenvalue weighted by molar-refractivity contribution is 0.0697. The summed E-state index contributed by atoms with van der Waals surface area (Å²) in [4.78, 5) is 11.7. The number of aliphatic hydroxyl groups excluding tert-OH is 1. The van der Waals surface area contributed by atoms with Gasteiger partial charge in [-0.1, -0.05) is 0 Å². The van der Waals surface area contributed by atoms with Crippen LogP contribution in [0.15, 0.2) is 11.4 Å². The van der Waals surface area contributed by atoms with E-state index >= 15 is 0 Å². The zero-order valence-corrected chi connectivity index (χ0v) is 11.1. The van der Waals surface area contributed by atoms with Crippen molar-refractivity contribution in [1.29, 1.82) is 0 Å². The van der Waals surface area contributed by atoms with E-state index in [1.165, 1.54) is 11.3 Å². The van der Waals surface area contributed by atoms with Crippen LogP contribution < -0.4 is 5.32 Å². The van der Waals surface area contributed by atoms with E-state index in [2.05, 4.69) is 5.32 Å². The molecule has 0 radical (unpaired) electrons. The predicted octanol–water partition coefficient (Wildman–Crippen LogP) is 1.65. The lowest BCUT2D eigenvalue weighted by Gasteiger charge is -2.02. The molecule has 1 heterocycles. The Kier molecular flexibility index (Phi) is 7.27. The van der Waals surface area contributed by atoms with Gasteiger partial charge in [0.2, 0.25) is 0 Å². The molecular weight excluding hydrogens is 258 g/mol. The Morgan fingerprint density at radius 1 is 1.47 bits per heavy atom. The van der Waals surface area contributed by atoms with E-state index in [1.807, 2.05) is 11.8 Å². The molecule has 1 rings (SSSR count). The van der Waals surface area contributed by atoms with E-state index < -0.39 is 5.97 Å². The number of aliphatic hydroxyl groups is 1. The molecule has 0 aliphatic heterocycles. The number of carboxylic acid groups (broad SMARTS) is 1. The topological polar surface area (TPSA) is 69.6 Å². The van der Waals surface area contributed by atoms with Crippen molar-refractivity contribution in [1.82, 2.24) is 5.32 Å². The molecular formula is C11H17NO3S2. The highest BCUT2D eigenvalue weighted by molar-refractivity contribution is 7.99. The molecule has 1 aromatic heterocycles. The summed E-state index contributed by atoms with van der Waals surface area (Å²) in [6.45, 7) is 1.88. The SMILES string of the molecule is O=C(O)c1csc(CNCCSCCCO)c1. The smallest absolute Gasteiger partial charge is 0.336 e. The lowest BCUT2D eigenvalue weighted by Crippen LogP contribution is -2.16. The maximum absolute atomic E-state index is 10.7. The molecule has 0 atom stereocenters. The van der Waals surface area contributed by atoms with Gasteiger partial charge in [-0.2, -0.15) is 11.8 Å². The molecule has 0 saturated heterocycles. The van der Waals surface area contributed by atoms with Crippen molar-refractivity contribution in [2.75, 3.05) is 24.7 Å². The van der Waals surface area contributed by atoms with Gasteiger partial charge in [-0.05, 0) is 18.2 Å². The molecule has 0 saturated carbocycles. The molecule has 6 heteroatoms. The van der Waals surface area contributed by atoms with Gasteiger partial charge in [0.05, 0.1) is 5.56 Å². The number of thiophene rings is 1. The first kappa shape index (κ1) is 14.5. The summed E-state index contributed by atoms with van der Waals surface area (Å²) in [6.07, 6.45) is 0.845. The van der Waals surface area contributed by atoms with Crippen LogP contribution in [0.3, 0.4) is 0 Å². The Bertz CT molecular complexity index is 341. The fraction of sp³-hybridized carbons (Fsp3) is 0.545. The first-order valence-corrected chi connectivity index (χ1v) is 7.47. The van der Waals surface area contributed by atoms with E-state index in [1.54, 1.807) is 11.4 Å². The second kappa shape index (κ2) is 8.52. The van der Waals surface area contributed by atoms with Crippen molar-refractivity contribution >= 4 is 29.1 Å². The van der Waals surface area contributed by atoms with Crippen molar-refractivity contribution in [3.8, 4) is 0 Å². The summed E-state index contributed by atoms with van der Waals surface area (Å²) >= 11 is 3.28. The van der Waals surface area contributed by atoms with Crippen LogP contribution >= 0.6 is 23.1 Å². The minimum absolute atomic E-state index is 0.258. The Morgan fingerprint density at radius 3 is 2.94 bits per heavy atom. The summed E-state index contributed by atoms with van der Waals surface area (Å²) in [6, 6.07) is 1.71. The van der Waals surface area contributed by atoms with Gasteiger partial charge in [-0.15, -0.1) is 11.3 Å². The fourth-order valence-electron chi connectivity index (χ4n) is 1.21. The third-order valence-corrected chi connectivity index (χ3v) is 4.08. The van der Waals surface area contributed by atoms with Gasteiger partial charge in [0.15, 0.2) is 0 Å². The Labute approximate surface area is 109 Å². The van der Waals surface area contributed by atoms with Gasteiger partial charge in [0, 0.05) is 35.7 Å². The summed E-state index contributed by atoms with van der Waals surface area (Å²) < 4.78 is 0. The highest BCUT2D eigenvalue weighted by Gasteiger charge is 2.05. The average molecular weight is 275 g/mol. The Hall–Kier alpha value is -0.560. The molecule has 0 fully saturated rings. The zero-order valence-electron chi connectivity index (χ0n) is 9.52. The highest BCUT2D eigenvalue weighted by atomic mass is 32.2. The number of carbonyl (C=O) groups is 1. The van der Waals surface area contributed by atoms with Crippen LogP contribution in [0.2, 0.25) is 0 Å². The largest absolute Gasteiger partial charge is 0.478 e. The minimum atomic E-state index is -0.868. The maximum atomic E-state index is 10.7. The van der Waals surface area contributed by atoms with E-state index in [0.717, 1.165) is 35.9 Å². The van der Waals surface area contributed by atoms with Crippen LogP contribution in [0.1, 0.15) is 21.7 Å². The number of hydrogen-bond donors (Lipinski definition) is 3. The molecule has 0 aliphatic carbocycles. The summed E-state index contributed by atoms with van der Waals surface area (Å²) in [5.74, 6) is 1.13. The van der Waals surface area contributed by atoms with Crippen LogP contribution in [0.25, 0.3) is 0 Å². The van der Waals surface area contributed by atoms with Crippen LogP contribution in [-0.2, 0) is 6.54 Å². The Balaban J connectivity index is 2.07. The van der Waals surface area contributed by atoms with E-state index in [0.29, 0.717) is 5.56 Å². The van der Waals surface area contributed by atoms with Gasteiger partial charge in [0.25, 0.3) is 0 Å². The quantitative estimate of drug-likeness (QED) is 0.598. The molecule has 0 unspecified atom stereocenters. The van der Waals surface area contributed by atoms with Crippen LogP contribution in [-0.4, -0.2) is 40.8 Å². The standard InChI is InChI=1S/C11H17NO3S2/c13-3-1-4-16-5-2-12-7-10-6-9(8-17-10)11(14)15/h6,8,12-13H,1-5,7H2,(H,14,15). The number of hydrogen-bond acceptors (Lipinski definition) is 5. The van der Waals surface area contributed by atoms with Crippen molar-refractivity contribution in [3.05, 3.63) is 21.9 Å². The zero-order chi connectivity index (χ0) is 12.5. The van der Waals surface area contributed by atoms with Crippen LogP contribution in [0, 0.1) is 0 Å². The molecule has 0 amide bonds. The predicted molar refractivity (Wildman–Crippen MR) is 72.0 cm³/mol. The van der Waals surface area contributed by atoms with E-state index in [9.17, 15) is 4.79 Å². The number of thioether (sulfide) groups is 1. The summed E-state index contributed by atoms with van der Waals surface area (Å²) in [5.41, 5.74) is 0.365. The Morgan fingerprint density at radius 2 is 2.29 bits per heavy atom. The maximum Gasteiger partial charge on any atom is 0.336 e. The van der Waals surface area contributed by atoms with Crippen molar-refractivity contribution < 1.29 is 15.0 Å². The second-order valence-corrected chi connectivity index (χ2v) is 5.69. The van der Waals surface area contributed by atoms with Gasteiger partial charge < -0.3 is 15.5 Å². The van der Waals surface area contributed by atoms with Gasteiger partial charge in [-0.3, -0.25) is 0 Å². The first-order valence-electron chi connectivity index (χ1n) is 5.44. The molecule has 96 valence electrons. The van der Waals surface area contributed by atoms with Crippen molar-refractivity contribution in [3.63, 3.8) is 0 Å². The van der Waals surface area contributed by atoms with Gasteiger partial charge in [0.1, 0.15) is 0 Å². The van der Waals surface area contributed by atoms with Crippen LogP contribution in [0.5, 0.6) is 0 Å². The minimum Gasteiger partial charge on any atom is -0.478 e. The molecule has 0 aliphatic rings. The molecule has 1 aromatic rings. The van der Waals surface area contributed by atoms with E-state index in [4.69, 9.17) is 10.2 Å². The normalized spacial score (nSPS) is 10.6. The molecule has 3 N–H and O–H groups in total.